The van der Waals surface area contributed by atoms with E-state index in [9.17, 15) is 23.3 Å². The molecule has 1 heterocycles. The van der Waals surface area contributed by atoms with Gasteiger partial charge in [-0.05, 0) is 39.1 Å². The number of nitro groups is 1. The summed E-state index contributed by atoms with van der Waals surface area (Å²) < 4.78 is 44.0. The van der Waals surface area contributed by atoms with E-state index in [-0.39, 0.29) is 11.5 Å². The standard InChI is InChI=1S/C16H16F3N3O3/c1-21(2)14(12-8-20-25-15(12)9-3-4-9)11-6-5-10(16(17,18)19)7-13(11)22(23)24/h5-9,14H,3-4H2,1-2H3. The first-order chi connectivity index (χ1) is 11.7. The van der Waals surface area contributed by atoms with Crippen LogP contribution in [0.1, 0.15) is 47.3 Å². The zero-order chi connectivity index (χ0) is 18.4. The van der Waals surface area contributed by atoms with Gasteiger partial charge in [0, 0.05) is 17.5 Å². The molecule has 1 aromatic carbocycles. The zero-order valence-electron chi connectivity index (χ0n) is 13.6. The fourth-order valence-electron chi connectivity index (χ4n) is 2.95. The van der Waals surface area contributed by atoms with Crippen LogP contribution >= 0.6 is 0 Å². The molecule has 134 valence electrons. The SMILES string of the molecule is CN(C)C(c1ccc(C(F)(F)F)cc1[N+](=O)[O-])c1cnoc1C1CC1. The van der Waals surface area contributed by atoms with Crippen LogP contribution in [-0.2, 0) is 6.18 Å². The number of hydrogen-bond acceptors (Lipinski definition) is 5. The van der Waals surface area contributed by atoms with Crippen LogP contribution < -0.4 is 0 Å². The largest absolute Gasteiger partial charge is 0.416 e. The Morgan fingerprint density at radius 3 is 2.52 bits per heavy atom. The summed E-state index contributed by atoms with van der Waals surface area (Å²) in [5.74, 6) is 0.862. The van der Waals surface area contributed by atoms with Crippen molar-refractivity contribution in [3.05, 3.63) is 57.0 Å². The average molecular weight is 355 g/mol. The molecule has 3 rings (SSSR count). The van der Waals surface area contributed by atoms with E-state index in [2.05, 4.69) is 5.16 Å². The number of nitro benzene ring substituents is 1. The van der Waals surface area contributed by atoms with E-state index >= 15 is 0 Å². The fraction of sp³-hybridized carbons (Fsp3) is 0.438. The van der Waals surface area contributed by atoms with Crippen LogP contribution in [0.3, 0.4) is 0 Å². The molecule has 9 heteroatoms. The first kappa shape index (κ1) is 17.4. The first-order valence-corrected chi connectivity index (χ1v) is 7.66. The Balaban J connectivity index is 2.13. The van der Waals surface area contributed by atoms with E-state index in [1.807, 2.05) is 0 Å². The summed E-state index contributed by atoms with van der Waals surface area (Å²) in [4.78, 5) is 12.3. The minimum absolute atomic E-state index is 0.174. The summed E-state index contributed by atoms with van der Waals surface area (Å²) in [6.07, 6.45) is -1.28. The van der Waals surface area contributed by atoms with Crippen molar-refractivity contribution in [3.8, 4) is 0 Å². The van der Waals surface area contributed by atoms with Crippen molar-refractivity contribution >= 4 is 5.69 Å². The Hall–Kier alpha value is -2.42. The molecular weight excluding hydrogens is 339 g/mol. The second-order valence-electron chi connectivity index (χ2n) is 6.31. The lowest BCUT2D eigenvalue weighted by Gasteiger charge is -2.24. The number of benzene rings is 1. The lowest BCUT2D eigenvalue weighted by molar-refractivity contribution is -0.386. The van der Waals surface area contributed by atoms with Gasteiger partial charge in [0.25, 0.3) is 5.69 Å². The highest BCUT2D eigenvalue weighted by Crippen LogP contribution is 2.46. The number of halogens is 3. The summed E-state index contributed by atoms with van der Waals surface area (Å²) in [6.45, 7) is 0. The second kappa shape index (κ2) is 6.14. The topological polar surface area (TPSA) is 72.4 Å². The highest BCUT2D eigenvalue weighted by molar-refractivity contribution is 5.50. The van der Waals surface area contributed by atoms with Gasteiger partial charge in [-0.25, -0.2) is 0 Å². The van der Waals surface area contributed by atoms with Crippen molar-refractivity contribution in [2.24, 2.45) is 0 Å². The molecule has 0 radical (unpaired) electrons. The van der Waals surface area contributed by atoms with Crippen molar-refractivity contribution in [2.45, 2.75) is 31.0 Å². The second-order valence-corrected chi connectivity index (χ2v) is 6.31. The predicted molar refractivity (Wildman–Crippen MR) is 82.1 cm³/mol. The molecule has 25 heavy (non-hydrogen) atoms. The van der Waals surface area contributed by atoms with E-state index in [1.165, 1.54) is 6.20 Å². The van der Waals surface area contributed by atoms with Crippen molar-refractivity contribution in [1.29, 1.82) is 0 Å². The first-order valence-electron chi connectivity index (χ1n) is 7.66. The van der Waals surface area contributed by atoms with E-state index in [1.54, 1.807) is 19.0 Å². The quantitative estimate of drug-likeness (QED) is 0.596. The normalized spacial score (nSPS) is 16.2. The Kier molecular flexibility index (Phi) is 4.28. The van der Waals surface area contributed by atoms with Gasteiger partial charge >= 0.3 is 6.18 Å². The summed E-state index contributed by atoms with van der Waals surface area (Å²) in [6, 6.07) is 1.98. The van der Waals surface area contributed by atoms with Crippen LogP contribution in [0.5, 0.6) is 0 Å². The van der Waals surface area contributed by atoms with Crippen LogP contribution in [0.25, 0.3) is 0 Å². The van der Waals surface area contributed by atoms with Gasteiger partial charge in [-0.2, -0.15) is 13.2 Å². The predicted octanol–water partition coefficient (Wildman–Crippen LogP) is 4.13. The average Bonchev–Trinajstić information content (AvgIpc) is 3.25. The third kappa shape index (κ3) is 3.37. The fourth-order valence-corrected chi connectivity index (χ4v) is 2.95. The molecule has 0 amide bonds. The maximum atomic E-state index is 12.9. The zero-order valence-corrected chi connectivity index (χ0v) is 13.6. The third-order valence-electron chi connectivity index (χ3n) is 4.24. The summed E-state index contributed by atoms with van der Waals surface area (Å²) in [5, 5.41) is 15.2. The van der Waals surface area contributed by atoms with E-state index in [0.29, 0.717) is 17.4 Å². The Bertz CT molecular complexity index is 797. The van der Waals surface area contributed by atoms with Crippen molar-refractivity contribution in [2.75, 3.05) is 14.1 Å². The molecule has 1 saturated carbocycles. The maximum Gasteiger partial charge on any atom is 0.416 e. The summed E-state index contributed by atoms with van der Waals surface area (Å²) in [5.41, 5.74) is -0.798. The minimum Gasteiger partial charge on any atom is -0.361 e. The molecule has 1 aliphatic carbocycles. The van der Waals surface area contributed by atoms with Crippen LogP contribution in [0.4, 0.5) is 18.9 Å². The molecule has 0 bridgehead atoms. The molecule has 0 N–H and O–H groups in total. The van der Waals surface area contributed by atoms with Crippen molar-refractivity contribution < 1.29 is 22.6 Å². The van der Waals surface area contributed by atoms with Gasteiger partial charge in [0.1, 0.15) is 5.76 Å². The molecular formula is C16H16F3N3O3. The molecule has 0 spiro atoms. The molecule has 0 saturated heterocycles. The van der Waals surface area contributed by atoms with Crippen molar-refractivity contribution in [3.63, 3.8) is 0 Å². The van der Waals surface area contributed by atoms with Gasteiger partial charge in [-0.15, -0.1) is 0 Å². The van der Waals surface area contributed by atoms with Crippen LogP contribution in [0, 0.1) is 10.1 Å². The molecule has 6 nitrogen and oxygen atoms in total. The summed E-state index contributed by atoms with van der Waals surface area (Å²) in [7, 11) is 3.41. The van der Waals surface area contributed by atoms with Gasteiger partial charge < -0.3 is 4.52 Å². The molecule has 0 aliphatic heterocycles. The van der Waals surface area contributed by atoms with Crippen LogP contribution in [0.15, 0.2) is 28.9 Å². The smallest absolute Gasteiger partial charge is 0.361 e. The third-order valence-corrected chi connectivity index (χ3v) is 4.24. The van der Waals surface area contributed by atoms with E-state index in [0.717, 1.165) is 25.0 Å². The van der Waals surface area contributed by atoms with Gasteiger partial charge in [0.05, 0.1) is 28.3 Å². The van der Waals surface area contributed by atoms with Crippen LogP contribution in [0.2, 0.25) is 0 Å². The number of aromatic nitrogens is 1. The number of alkyl halides is 3. The molecule has 2 aromatic rings. The highest BCUT2D eigenvalue weighted by atomic mass is 19.4. The number of nitrogens with zero attached hydrogens (tertiary/aromatic N) is 3. The monoisotopic (exact) mass is 355 g/mol. The van der Waals surface area contributed by atoms with Gasteiger partial charge in [-0.3, -0.25) is 15.0 Å². The van der Waals surface area contributed by atoms with E-state index < -0.39 is 28.4 Å². The van der Waals surface area contributed by atoms with Gasteiger partial charge in [0.15, 0.2) is 0 Å². The molecule has 1 aromatic heterocycles. The lowest BCUT2D eigenvalue weighted by Crippen LogP contribution is -2.23. The van der Waals surface area contributed by atoms with Gasteiger partial charge in [-0.1, -0.05) is 5.16 Å². The number of rotatable bonds is 5. The Morgan fingerprint density at radius 2 is 2.00 bits per heavy atom. The molecule has 1 aliphatic rings. The van der Waals surface area contributed by atoms with Crippen molar-refractivity contribution in [1.82, 2.24) is 10.1 Å². The van der Waals surface area contributed by atoms with Crippen LogP contribution in [-0.4, -0.2) is 29.1 Å². The molecule has 1 atom stereocenters. The van der Waals surface area contributed by atoms with Gasteiger partial charge in [0.2, 0.25) is 0 Å². The highest BCUT2D eigenvalue weighted by Gasteiger charge is 2.38. The Labute approximate surface area is 141 Å². The van der Waals surface area contributed by atoms with E-state index in [4.69, 9.17) is 4.52 Å². The molecule has 1 fully saturated rings. The Morgan fingerprint density at radius 1 is 1.32 bits per heavy atom. The number of hydrogen-bond donors (Lipinski definition) is 0. The molecule has 1 unspecified atom stereocenters. The lowest BCUT2D eigenvalue weighted by atomic mass is 9.94. The summed E-state index contributed by atoms with van der Waals surface area (Å²) >= 11 is 0. The minimum atomic E-state index is -4.65. The maximum absolute atomic E-state index is 12.9.